The van der Waals surface area contributed by atoms with Gasteiger partial charge in [-0.1, -0.05) is 18.5 Å². The molecule has 2 unspecified atom stereocenters. The van der Waals surface area contributed by atoms with Crippen LogP contribution in [0.1, 0.15) is 19.4 Å². The quantitative estimate of drug-likeness (QED) is 0.828. The van der Waals surface area contributed by atoms with Gasteiger partial charge in [0, 0.05) is 16.3 Å². The highest BCUT2D eigenvalue weighted by Crippen LogP contribution is 2.43. The van der Waals surface area contributed by atoms with Crippen molar-refractivity contribution in [3.63, 3.8) is 0 Å². The molecule has 0 radical (unpaired) electrons. The van der Waals surface area contributed by atoms with Gasteiger partial charge in [-0.3, -0.25) is 0 Å². The summed E-state index contributed by atoms with van der Waals surface area (Å²) in [5.74, 6) is 1.36. The van der Waals surface area contributed by atoms with Crippen molar-refractivity contribution in [3.8, 4) is 11.4 Å². The molecule has 1 heterocycles. The summed E-state index contributed by atoms with van der Waals surface area (Å²) in [4.78, 5) is 0. The molecule has 2 N–H and O–H groups in total. The van der Waals surface area contributed by atoms with Crippen LogP contribution in [-0.4, -0.2) is 20.2 Å². The van der Waals surface area contributed by atoms with Gasteiger partial charge in [0.05, 0.1) is 6.04 Å². The predicted molar refractivity (Wildman–Crippen MR) is 65.5 cm³/mol. The number of nitrogens with zero attached hydrogens (tertiary/aromatic N) is 4. The van der Waals surface area contributed by atoms with Crippen LogP contribution in [0.3, 0.4) is 0 Å². The van der Waals surface area contributed by atoms with E-state index in [9.17, 15) is 0 Å². The third-order valence-corrected chi connectivity index (χ3v) is 3.27. The Bertz CT molecular complexity index is 544. The molecule has 0 aliphatic heterocycles. The first kappa shape index (κ1) is 10.5. The molecule has 1 aromatic carbocycles. The molecule has 0 amide bonds. The van der Waals surface area contributed by atoms with Crippen molar-refractivity contribution in [2.75, 3.05) is 5.73 Å². The number of nitrogens with two attached hydrogens (primary N) is 1. The normalized spacial score (nSPS) is 22.7. The van der Waals surface area contributed by atoms with Gasteiger partial charge in [-0.2, -0.15) is 0 Å². The largest absolute Gasteiger partial charge is 0.399 e. The minimum atomic E-state index is 0.403. The predicted octanol–water partition coefficient (Wildman–Crippen LogP) is 2.16. The van der Waals surface area contributed by atoms with E-state index in [2.05, 4.69) is 22.4 Å². The lowest BCUT2D eigenvalue weighted by Gasteiger charge is -2.04. The Kier molecular flexibility index (Phi) is 2.29. The fourth-order valence-electron chi connectivity index (χ4n) is 1.99. The zero-order chi connectivity index (χ0) is 12.0. The minimum Gasteiger partial charge on any atom is -0.399 e. The second-order valence-electron chi connectivity index (χ2n) is 4.50. The fourth-order valence-corrected chi connectivity index (χ4v) is 2.24. The van der Waals surface area contributed by atoms with Crippen LogP contribution in [-0.2, 0) is 0 Å². The van der Waals surface area contributed by atoms with E-state index in [0.29, 0.717) is 22.7 Å². The highest BCUT2D eigenvalue weighted by Gasteiger charge is 2.37. The molecule has 1 saturated carbocycles. The van der Waals surface area contributed by atoms with Crippen molar-refractivity contribution in [1.29, 1.82) is 0 Å². The number of aromatic nitrogens is 4. The van der Waals surface area contributed by atoms with Crippen LogP contribution < -0.4 is 5.73 Å². The van der Waals surface area contributed by atoms with Gasteiger partial charge in [-0.25, -0.2) is 4.68 Å². The minimum absolute atomic E-state index is 0.403. The summed E-state index contributed by atoms with van der Waals surface area (Å²) in [7, 11) is 0. The van der Waals surface area contributed by atoms with Gasteiger partial charge in [0.2, 0.25) is 0 Å². The molecule has 1 aliphatic rings. The molecular weight excluding hydrogens is 238 g/mol. The summed E-state index contributed by atoms with van der Waals surface area (Å²) in [6.07, 6.45) is 1.12. The van der Waals surface area contributed by atoms with E-state index in [1.807, 2.05) is 16.8 Å². The fraction of sp³-hybridized carbons (Fsp3) is 0.364. The third kappa shape index (κ3) is 1.86. The maximum Gasteiger partial charge on any atom is 0.182 e. The van der Waals surface area contributed by atoms with Crippen molar-refractivity contribution in [2.45, 2.75) is 19.4 Å². The monoisotopic (exact) mass is 249 g/mol. The number of hydrogen-bond acceptors (Lipinski definition) is 4. The summed E-state index contributed by atoms with van der Waals surface area (Å²) >= 11 is 5.99. The van der Waals surface area contributed by atoms with Gasteiger partial charge in [0.25, 0.3) is 0 Å². The molecule has 1 aromatic heterocycles. The van der Waals surface area contributed by atoms with Crippen LogP contribution in [0.2, 0.25) is 5.02 Å². The second-order valence-corrected chi connectivity index (χ2v) is 4.94. The van der Waals surface area contributed by atoms with Crippen molar-refractivity contribution >= 4 is 17.3 Å². The van der Waals surface area contributed by atoms with E-state index < -0.39 is 0 Å². The van der Waals surface area contributed by atoms with E-state index in [0.717, 1.165) is 17.8 Å². The first-order valence-electron chi connectivity index (χ1n) is 5.49. The van der Waals surface area contributed by atoms with E-state index >= 15 is 0 Å². The van der Waals surface area contributed by atoms with Crippen molar-refractivity contribution in [3.05, 3.63) is 23.2 Å². The van der Waals surface area contributed by atoms with Crippen LogP contribution in [0.25, 0.3) is 11.4 Å². The smallest absolute Gasteiger partial charge is 0.182 e. The third-order valence-electron chi connectivity index (χ3n) is 3.05. The molecule has 2 aromatic rings. The van der Waals surface area contributed by atoms with Crippen molar-refractivity contribution in [2.24, 2.45) is 5.92 Å². The Balaban J connectivity index is 2.06. The molecule has 88 valence electrons. The number of benzene rings is 1. The molecule has 1 fully saturated rings. The Morgan fingerprint density at radius 3 is 2.82 bits per heavy atom. The van der Waals surface area contributed by atoms with Gasteiger partial charge in [0.15, 0.2) is 5.82 Å². The number of rotatable bonds is 2. The summed E-state index contributed by atoms with van der Waals surface area (Å²) in [6.45, 7) is 2.18. The van der Waals surface area contributed by atoms with E-state index in [1.165, 1.54) is 0 Å². The maximum absolute atomic E-state index is 5.99. The van der Waals surface area contributed by atoms with Gasteiger partial charge in [-0.15, -0.1) is 5.10 Å². The summed E-state index contributed by atoms with van der Waals surface area (Å²) in [6, 6.07) is 5.77. The van der Waals surface area contributed by atoms with Crippen LogP contribution >= 0.6 is 11.6 Å². The number of hydrogen-bond donors (Lipinski definition) is 1. The highest BCUT2D eigenvalue weighted by molar-refractivity contribution is 6.31. The Labute approximate surface area is 104 Å². The van der Waals surface area contributed by atoms with E-state index in [-0.39, 0.29) is 0 Å². The molecule has 3 rings (SSSR count). The van der Waals surface area contributed by atoms with Crippen LogP contribution in [0.4, 0.5) is 5.69 Å². The average molecular weight is 250 g/mol. The average Bonchev–Trinajstić information content (AvgIpc) is 2.79. The van der Waals surface area contributed by atoms with Crippen molar-refractivity contribution in [1.82, 2.24) is 20.2 Å². The van der Waals surface area contributed by atoms with Gasteiger partial charge >= 0.3 is 0 Å². The molecule has 0 bridgehead atoms. The van der Waals surface area contributed by atoms with Crippen LogP contribution in [0.5, 0.6) is 0 Å². The molecular formula is C11H12ClN5. The zero-order valence-electron chi connectivity index (χ0n) is 9.34. The van der Waals surface area contributed by atoms with Gasteiger partial charge in [0.1, 0.15) is 0 Å². The number of nitrogen functional groups attached to an aromatic ring is 1. The van der Waals surface area contributed by atoms with Gasteiger partial charge in [-0.05, 0) is 41.0 Å². The molecule has 6 heteroatoms. The summed E-state index contributed by atoms with van der Waals surface area (Å²) in [5, 5.41) is 12.4. The second kappa shape index (κ2) is 3.70. The van der Waals surface area contributed by atoms with Crippen LogP contribution in [0, 0.1) is 5.92 Å². The first-order chi connectivity index (χ1) is 8.15. The Morgan fingerprint density at radius 2 is 2.18 bits per heavy atom. The molecule has 5 nitrogen and oxygen atoms in total. The number of halogens is 1. The SMILES string of the molecule is CC1CC1n1nnnc1-c1cc(N)cc(Cl)c1. The van der Waals surface area contributed by atoms with Crippen LogP contribution in [0.15, 0.2) is 18.2 Å². The van der Waals surface area contributed by atoms with E-state index in [1.54, 1.807) is 6.07 Å². The topological polar surface area (TPSA) is 69.6 Å². The maximum atomic E-state index is 5.99. The van der Waals surface area contributed by atoms with E-state index in [4.69, 9.17) is 17.3 Å². The number of anilines is 1. The molecule has 0 saturated heterocycles. The molecule has 1 aliphatic carbocycles. The van der Waals surface area contributed by atoms with Crippen molar-refractivity contribution < 1.29 is 0 Å². The Morgan fingerprint density at radius 1 is 1.41 bits per heavy atom. The molecule has 17 heavy (non-hydrogen) atoms. The zero-order valence-corrected chi connectivity index (χ0v) is 10.1. The van der Waals surface area contributed by atoms with Gasteiger partial charge < -0.3 is 5.73 Å². The summed E-state index contributed by atoms with van der Waals surface area (Å²) < 4.78 is 1.86. The lowest BCUT2D eigenvalue weighted by Crippen LogP contribution is -2.01. The number of tetrazole rings is 1. The summed E-state index contributed by atoms with van der Waals surface area (Å²) in [5.41, 5.74) is 7.25. The highest BCUT2D eigenvalue weighted by atomic mass is 35.5. The molecule has 2 atom stereocenters. The first-order valence-corrected chi connectivity index (χ1v) is 5.87. The Hall–Kier alpha value is -1.62. The molecule has 0 spiro atoms. The lowest BCUT2D eigenvalue weighted by molar-refractivity contribution is 0.584. The standard InChI is InChI=1S/C11H12ClN5/c1-6-2-10(6)17-11(14-15-16-17)7-3-8(12)5-9(13)4-7/h3-6,10H,2,13H2,1H3. The lowest BCUT2D eigenvalue weighted by atomic mass is 10.2.